The van der Waals surface area contributed by atoms with E-state index in [9.17, 15) is 0 Å². The van der Waals surface area contributed by atoms with E-state index in [4.69, 9.17) is 4.74 Å². The van der Waals surface area contributed by atoms with Gasteiger partial charge in [0.25, 0.3) is 0 Å². The molecule has 12 heavy (non-hydrogen) atoms. The number of nitrogens with zero attached hydrogens (tertiary/aromatic N) is 2. The molecule has 1 unspecified atom stereocenters. The van der Waals surface area contributed by atoms with Crippen molar-refractivity contribution in [3.8, 4) is 5.88 Å². The van der Waals surface area contributed by atoms with Gasteiger partial charge in [-0.3, -0.25) is 0 Å². The van der Waals surface area contributed by atoms with Crippen LogP contribution in [-0.2, 0) is 13.0 Å². The number of fused-ring (bicyclic) bond motifs is 1. The monoisotopic (exact) mass is 166 g/mol. The predicted octanol–water partition coefficient (Wildman–Crippen LogP) is 1.62. The average molecular weight is 166 g/mol. The van der Waals surface area contributed by atoms with Gasteiger partial charge >= 0.3 is 0 Å². The lowest BCUT2D eigenvalue weighted by Gasteiger charge is -2.20. The molecule has 0 aromatic carbocycles. The Kier molecular flexibility index (Phi) is 1.79. The van der Waals surface area contributed by atoms with Crippen LogP contribution in [0.1, 0.15) is 26.0 Å². The van der Waals surface area contributed by atoms with Crippen LogP contribution in [0.15, 0.2) is 6.07 Å². The lowest BCUT2D eigenvalue weighted by atomic mass is 10.2. The summed E-state index contributed by atoms with van der Waals surface area (Å²) in [6.45, 7) is 5.20. The quantitative estimate of drug-likeness (QED) is 0.633. The Hall–Kier alpha value is -0.990. The van der Waals surface area contributed by atoms with Crippen molar-refractivity contribution in [2.75, 3.05) is 0 Å². The standard InChI is InChI=1S/C9H14N2O/c1-3-8-6-9-11(10-8)5-4-7(2)12-9/h6-7H,3-5H2,1-2H3. The van der Waals surface area contributed by atoms with Crippen molar-refractivity contribution < 1.29 is 4.74 Å². The van der Waals surface area contributed by atoms with Crippen LogP contribution < -0.4 is 4.74 Å². The fourth-order valence-electron chi connectivity index (χ4n) is 1.45. The number of aromatic nitrogens is 2. The zero-order chi connectivity index (χ0) is 8.55. The minimum atomic E-state index is 0.346. The highest BCUT2D eigenvalue weighted by atomic mass is 16.5. The molecule has 1 aliphatic rings. The normalized spacial score (nSPS) is 21.7. The number of rotatable bonds is 1. The topological polar surface area (TPSA) is 27.1 Å². The van der Waals surface area contributed by atoms with Crippen LogP contribution in [0.25, 0.3) is 0 Å². The summed E-state index contributed by atoms with van der Waals surface area (Å²) in [4.78, 5) is 0. The Balaban J connectivity index is 2.28. The maximum atomic E-state index is 5.61. The second-order valence-electron chi connectivity index (χ2n) is 3.27. The van der Waals surface area contributed by atoms with E-state index in [-0.39, 0.29) is 0 Å². The molecular formula is C9H14N2O. The van der Waals surface area contributed by atoms with Gasteiger partial charge in [0.1, 0.15) is 0 Å². The number of ether oxygens (including phenoxy) is 1. The third-order valence-corrected chi connectivity index (χ3v) is 2.23. The van der Waals surface area contributed by atoms with E-state index in [0.29, 0.717) is 6.10 Å². The van der Waals surface area contributed by atoms with Gasteiger partial charge < -0.3 is 4.74 Å². The third-order valence-electron chi connectivity index (χ3n) is 2.23. The lowest BCUT2D eigenvalue weighted by molar-refractivity contribution is 0.149. The first-order valence-electron chi connectivity index (χ1n) is 4.53. The second-order valence-corrected chi connectivity index (χ2v) is 3.27. The molecule has 0 amide bonds. The molecule has 0 radical (unpaired) electrons. The van der Waals surface area contributed by atoms with Crippen molar-refractivity contribution in [3.63, 3.8) is 0 Å². The number of hydrogen-bond acceptors (Lipinski definition) is 2. The molecule has 2 heterocycles. The highest BCUT2D eigenvalue weighted by Crippen LogP contribution is 2.21. The van der Waals surface area contributed by atoms with E-state index in [2.05, 4.69) is 18.9 Å². The van der Waals surface area contributed by atoms with Gasteiger partial charge in [-0.25, -0.2) is 4.68 Å². The summed E-state index contributed by atoms with van der Waals surface area (Å²) in [5, 5.41) is 4.40. The van der Waals surface area contributed by atoms with Gasteiger partial charge in [-0.1, -0.05) is 6.92 Å². The van der Waals surface area contributed by atoms with Gasteiger partial charge in [0.2, 0.25) is 5.88 Å². The Morgan fingerprint density at radius 1 is 1.75 bits per heavy atom. The Morgan fingerprint density at radius 3 is 3.33 bits per heavy atom. The smallest absolute Gasteiger partial charge is 0.212 e. The van der Waals surface area contributed by atoms with E-state index in [1.807, 2.05) is 10.7 Å². The first-order chi connectivity index (χ1) is 5.79. The molecule has 0 saturated carbocycles. The molecule has 2 rings (SSSR count). The highest BCUT2D eigenvalue weighted by Gasteiger charge is 2.17. The first-order valence-corrected chi connectivity index (χ1v) is 4.53. The van der Waals surface area contributed by atoms with E-state index < -0.39 is 0 Å². The van der Waals surface area contributed by atoms with Crippen molar-refractivity contribution in [2.45, 2.75) is 39.3 Å². The maximum absolute atomic E-state index is 5.61. The molecule has 1 aromatic heterocycles. The van der Waals surface area contributed by atoms with Gasteiger partial charge in [0, 0.05) is 19.0 Å². The molecule has 0 N–H and O–H groups in total. The summed E-state index contributed by atoms with van der Waals surface area (Å²) in [7, 11) is 0. The molecule has 3 nitrogen and oxygen atoms in total. The van der Waals surface area contributed by atoms with E-state index in [0.717, 1.165) is 31.0 Å². The molecule has 0 fully saturated rings. The van der Waals surface area contributed by atoms with Crippen LogP contribution >= 0.6 is 0 Å². The van der Waals surface area contributed by atoms with Crippen LogP contribution in [0.3, 0.4) is 0 Å². The second kappa shape index (κ2) is 2.81. The van der Waals surface area contributed by atoms with Crippen molar-refractivity contribution in [3.05, 3.63) is 11.8 Å². The lowest BCUT2D eigenvalue weighted by Crippen LogP contribution is -2.22. The Labute approximate surface area is 72.3 Å². The van der Waals surface area contributed by atoms with Crippen LogP contribution in [0.4, 0.5) is 0 Å². The summed E-state index contributed by atoms with van der Waals surface area (Å²) in [5.41, 5.74) is 1.12. The van der Waals surface area contributed by atoms with Crippen molar-refractivity contribution in [1.29, 1.82) is 0 Å². The molecule has 3 heteroatoms. The van der Waals surface area contributed by atoms with Crippen LogP contribution in [-0.4, -0.2) is 15.9 Å². The van der Waals surface area contributed by atoms with E-state index >= 15 is 0 Å². The van der Waals surface area contributed by atoms with Gasteiger partial charge in [-0.15, -0.1) is 0 Å². The minimum Gasteiger partial charge on any atom is -0.475 e. The fraction of sp³-hybridized carbons (Fsp3) is 0.667. The fourth-order valence-corrected chi connectivity index (χ4v) is 1.45. The van der Waals surface area contributed by atoms with Gasteiger partial charge in [-0.2, -0.15) is 5.10 Å². The van der Waals surface area contributed by atoms with E-state index in [1.165, 1.54) is 0 Å². The highest BCUT2D eigenvalue weighted by molar-refractivity contribution is 5.17. The zero-order valence-corrected chi connectivity index (χ0v) is 7.58. The number of hydrogen-bond donors (Lipinski definition) is 0. The maximum Gasteiger partial charge on any atom is 0.212 e. The molecule has 0 spiro atoms. The van der Waals surface area contributed by atoms with Crippen LogP contribution in [0.5, 0.6) is 5.88 Å². The third kappa shape index (κ3) is 1.19. The Morgan fingerprint density at radius 2 is 2.58 bits per heavy atom. The predicted molar refractivity (Wildman–Crippen MR) is 46.3 cm³/mol. The first kappa shape index (κ1) is 7.65. The zero-order valence-electron chi connectivity index (χ0n) is 7.58. The SMILES string of the molecule is CCc1cc2n(n1)CCC(C)O2. The van der Waals surface area contributed by atoms with Gasteiger partial charge in [-0.05, 0) is 13.3 Å². The summed E-state index contributed by atoms with van der Waals surface area (Å²) < 4.78 is 7.57. The summed E-state index contributed by atoms with van der Waals surface area (Å²) in [5.74, 6) is 0.936. The largest absolute Gasteiger partial charge is 0.475 e. The Bertz CT molecular complexity index is 280. The molecular weight excluding hydrogens is 152 g/mol. The van der Waals surface area contributed by atoms with Crippen molar-refractivity contribution in [2.24, 2.45) is 0 Å². The average Bonchev–Trinajstić information content (AvgIpc) is 2.46. The molecule has 0 aliphatic carbocycles. The minimum absolute atomic E-state index is 0.346. The van der Waals surface area contributed by atoms with Gasteiger partial charge in [0.05, 0.1) is 11.8 Å². The molecule has 66 valence electrons. The number of aryl methyl sites for hydroxylation is 2. The summed E-state index contributed by atoms with van der Waals surface area (Å²) >= 11 is 0. The molecule has 0 bridgehead atoms. The summed E-state index contributed by atoms with van der Waals surface area (Å²) in [6.07, 6.45) is 2.40. The van der Waals surface area contributed by atoms with E-state index in [1.54, 1.807) is 0 Å². The molecule has 1 atom stereocenters. The summed E-state index contributed by atoms with van der Waals surface area (Å²) in [6, 6.07) is 2.04. The van der Waals surface area contributed by atoms with Crippen LogP contribution in [0.2, 0.25) is 0 Å². The van der Waals surface area contributed by atoms with Crippen molar-refractivity contribution in [1.82, 2.24) is 9.78 Å². The molecule has 0 saturated heterocycles. The molecule has 1 aromatic rings. The van der Waals surface area contributed by atoms with Crippen LogP contribution in [0, 0.1) is 0 Å². The van der Waals surface area contributed by atoms with Gasteiger partial charge in [0.15, 0.2) is 0 Å². The molecule has 1 aliphatic heterocycles. The van der Waals surface area contributed by atoms with Crippen molar-refractivity contribution >= 4 is 0 Å².